The van der Waals surface area contributed by atoms with Gasteiger partial charge in [0.2, 0.25) is 21.8 Å². The van der Waals surface area contributed by atoms with E-state index in [0.29, 0.717) is 25.2 Å². The molecule has 2 rings (SSSR count). The molecule has 1 aromatic carbocycles. The average Bonchev–Trinajstić information content (AvgIpc) is 3.49. The molecule has 10 heteroatoms. The number of halogens is 2. The minimum Gasteiger partial charge on any atom is -0.354 e. The third-order valence-electron chi connectivity index (χ3n) is 4.96. The third-order valence-corrected chi connectivity index (χ3v) is 6.91. The van der Waals surface area contributed by atoms with Crippen LogP contribution in [0.25, 0.3) is 0 Å². The number of sulfonamides is 1. The summed E-state index contributed by atoms with van der Waals surface area (Å²) < 4.78 is 40.0. The van der Waals surface area contributed by atoms with E-state index in [1.165, 1.54) is 12.8 Å². The van der Waals surface area contributed by atoms with E-state index in [4.69, 9.17) is 11.6 Å². The van der Waals surface area contributed by atoms with Gasteiger partial charge >= 0.3 is 0 Å². The van der Waals surface area contributed by atoms with Crippen molar-refractivity contribution in [2.75, 3.05) is 13.1 Å². The number of hydrogen-bond donors (Lipinski definition) is 3. The van der Waals surface area contributed by atoms with Crippen LogP contribution < -0.4 is 15.4 Å². The van der Waals surface area contributed by atoms with Gasteiger partial charge < -0.3 is 10.6 Å². The molecule has 0 radical (unpaired) electrons. The Kier molecular flexibility index (Phi) is 9.71. The van der Waals surface area contributed by atoms with E-state index in [-0.39, 0.29) is 40.7 Å². The fourth-order valence-corrected chi connectivity index (χ4v) is 4.72. The number of amides is 2. The smallest absolute Gasteiger partial charge is 0.242 e. The Morgan fingerprint density at radius 3 is 2.55 bits per heavy atom. The normalized spacial score (nSPS) is 15.0. The second-order valence-corrected chi connectivity index (χ2v) is 10.5. The van der Waals surface area contributed by atoms with Crippen molar-refractivity contribution in [3.63, 3.8) is 0 Å². The summed E-state index contributed by atoms with van der Waals surface area (Å²) in [5.74, 6) is -0.139. The highest BCUT2D eigenvalue weighted by Crippen LogP contribution is 2.33. The molecule has 2 amide bonds. The van der Waals surface area contributed by atoms with Crippen LogP contribution in [0, 0.1) is 17.7 Å². The van der Waals surface area contributed by atoms with Crippen molar-refractivity contribution in [1.82, 2.24) is 15.4 Å². The molecule has 31 heavy (non-hydrogen) atoms. The highest BCUT2D eigenvalue weighted by Gasteiger charge is 2.25. The number of carbonyl (C=O) groups is 2. The summed E-state index contributed by atoms with van der Waals surface area (Å²) in [4.78, 5) is 24.4. The molecule has 1 atom stereocenters. The van der Waals surface area contributed by atoms with Crippen LogP contribution in [-0.4, -0.2) is 39.4 Å². The van der Waals surface area contributed by atoms with Crippen LogP contribution in [0.2, 0.25) is 5.02 Å². The molecule has 0 heterocycles. The van der Waals surface area contributed by atoms with E-state index in [2.05, 4.69) is 15.4 Å². The third kappa shape index (κ3) is 9.13. The van der Waals surface area contributed by atoms with E-state index in [1.807, 2.05) is 13.8 Å². The molecule has 1 aliphatic rings. The molecular formula is C21H31ClFN3O4S. The summed E-state index contributed by atoms with van der Waals surface area (Å²) in [6.45, 7) is 4.27. The summed E-state index contributed by atoms with van der Waals surface area (Å²) >= 11 is 5.81. The Morgan fingerprint density at radius 2 is 1.94 bits per heavy atom. The molecule has 0 bridgehead atoms. The lowest BCUT2D eigenvalue weighted by Crippen LogP contribution is -2.47. The van der Waals surface area contributed by atoms with Gasteiger partial charge in [0.15, 0.2) is 0 Å². The van der Waals surface area contributed by atoms with Crippen LogP contribution >= 0.6 is 11.6 Å². The van der Waals surface area contributed by atoms with Gasteiger partial charge in [-0.2, -0.15) is 0 Å². The number of carbonyl (C=O) groups excluding carboxylic acids is 2. The van der Waals surface area contributed by atoms with Crippen molar-refractivity contribution >= 4 is 33.4 Å². The first kappa shape index (κ1) is 25.5. The van der Waals surface area contributed by atoms with Gasteiger partial charge in [-0.05, 0) is 49.3 Å². The zero-order valence-corrected chi connectivity index (χ0v) is 19.5. The first-order chi connectivity index (χ1) is 14.6. The molecule has 0 saturated heterocycles. The molecular weight excluding hydrogens is 445 g/mol. The zero-order chi connectivity index (χ0) is 23.0. The van der Waals surface area contributed by atoms with Crippen molar-refractivity contribution in [1.29, 1.82) is 0 Å². The van der Waals surface area contributed by atoms with Crippen LogP contribution in [0.4, 0.5) is 4.39 Å². The maximum Gasteiger partial charge on any atom is 0.242 e. The second kappa shape index (κ2) is 11.8. The van der Waals surface area contributed by atoms with Crippen molar-refractivity contribution in [3.8, 4) is 0 Å². The Bertz CT molecular complexity index is 875. The van der Waals surface area contributed by atoms with Crippen LogP contribution in [0.1, 0.15) is 52.4 Å². The number of nitrogens with one attached hydrogen (secondary N) is 3. The standard InChI is InChI=1S/C21H31ClFN3O4S/c1-14(2)12-18(26-20(27)9-6-15-4-5-15)21(28)24-10-3-11-25-31(29,30)19-8-7-16(23)13-17(19)22/h7-8,13-15,18,25H,3-6,9-12H2,1-2H3,(H,24,28)(H,26,27)/t18-/m0/s1. The van der Waals surface area contributed by atoms with Gasteiger partial charge in [-0.15, -0.1) is 0 Å². The van der Waals surface area contributed by atoms with E-state index >= 15 is 0 Å². The van der Waals surface area contributed by atoms with E-state index in [0.717, 1.165) is 24.6 Å². The summed E-state index contributed by atoms with van der Waals surface area (Å²) in [7, 11) is -3.88. The van der Waals surface area contributed by atoms with Crippen molar-refractivity contribution in [2.45, 2.75) is 63.3 Å². The van der Waals surface area contributed by atoms with Gasteiger partial charge in [0.25, 0.3) is 0 Å². The van der Waals surface area contributed by atoms with Gasteiger partial charge in [0.1, 0.15) is 16.8 Å². The SMILES string of the molecule is CC(C)C[C@H](NC(=O)CCC1CC1)C(=O)NCCCNS(=O)(=O)c1ccc(F)cc1Cl. The van der Waals surface area contributed by atoms with Crippen LogP contribution in [0.5, 0.6) is 0 Å². The lowest BCUT2D eigenvalue weighted by atomic mass is 10.0. The summed E-state index contributed by atoms with van der Waals surface area (Å²) in [5.41, 5.74) is 0. The van der Waals surface area contributed by atoms with Crippen molar-refractivity contribution in [2.24, 2.45) is 11.8 Å². The van der Waals surface area contributed by atoms with Gasteiger partial charge in [-0.1, -0.05) is 38.3 Å². The predicted molar refractivity (Wildman–Crippen MR) is 118 cm³/mol. The van der Waals surface area contributed by atoms with Gasteiger partial charge in [0, 0.05) is 19.5 Å². The summed E-state index contributed by atoms with van der Waals surface area (Å²) in [5, 5.41) is 5.37. The average molecular weight is 476 g/mol. The first-order valence-corrected chi connectivity index (χ1v) is 12.5. The minimum atomic E-state index is -3.88. The lowest BCUT2D eigenvalue weighted by molar-refractivity contribution is -0.129. The molecule has 0 aliphatic heterocycles. The minimum absolute atomic E-state index is 0.0684. The predicted octanol–water partition coefficient (Wildman–Crippen LogP) is 2.98. The summed E-state index contributed by atoms with van der Waals surface area (Å²) in [6, 6.07) is 2.45. The van der Waals surface area contributed by atoms with Crippen molar-refractivity contribution in [3.05, 3.63) is 29.0 Å². The van der Waals surface area contributed by atoms with Gasteiger partial charge in [-0.3, -0.25) is 9.59 Å². The Labute approximate surface area is 188 Å². The van der Waals surface area contributed by atoms with Crippen LogP contribution in [0.15, 0.2) is 23.1 Å². The molecule has 0 aromatic heterocycles. The first-order valence-electron chi connectivity index (χ1n) is 10.6. The summed E-state index contributed by atoms with van der Waals surface area (Å²) in [6.07, 6.45) is 4.52. The molecule has 1 aliphatic carbocycles. The molecule has 1 fully saturated rings. The number of benzene rings is 1. The number of rotatable bonds is 13. The fraction of sp³-hybridized carbons (Fsp3) is 0.619. The van der Waals surface area contributed by atoms with E-state index in [1.54, 1.807) is 0 Å². The van der Waals surface area contributed by atoms with E-state index in [9.17, 15) is 22.4 Å². The number of hydrogen-bond acceptors (Lipinski definition) is 4. The van der Waals surface area contributed by atoms with Gasteiger partial charge in [-0.25, -0.2) is 17.5 Å². The molecule has 7 nitrogen and oxygen atoms in total. The van der Waals surface area contributed by atoms with Crippen molar-refractivity contribution < 1.29 is 22.4 Å². The molecule has 1 aromatic rings. The second-order valence-electron chi connectivity index (χ2n) is 8.35. The van der Waals surface area contributed by atoms with Crippen LogP contribution in [0.3, 0.4) is 0 Å². The van der Waals surface area contributed by atoms with Gasteiger partial charge in [0.05, 0.1) is 5.02 Å². The maximum atomic E-state index is 13.1. The Hall–Kier alpha value is -1.71. The molecule has 0 unspecified atom stereocenters. The lowest BCUT2D eigenvalue weighted by Gasteiger charge is -2.20. The maximum absolute atomic E-state index is 13.1. The van der Waals surface area contributed by atoms with Crippen LogP contribution in [-0.2, 0) is 19.6 Å². The molecule has 3 N–H and O–H groups in total. The molecule has 1 saturated carbocycles. The quantitative estimate of drug-likeness (QED) is 0.381. The Balaban J connectivity index is 1.76. The van der Waals surface area contributed by atoms with E-state index < -0.39 is 21.9 Å². The molecule has 0 spiro atoms. The highest BCUT2D eigenvalue weighted by molar-refractivity contribution is 7.89. The largest absolute Gasteiger partial charge is 0.354 e. The topological polar surface area (TPSA) is 104 Å². The zero-order valence-electron chi connectivity index (χ0n) is 17.9. The highest BCUT2D eigenvalue weighted by atomic mass is 35.5. The Morgan fingerprint density at radius 1 is 1.23 bits per heavy atom. The molecule has 174 valence electrons. The monoisotopic (exact) mass is 475 g/mol. The fourth-order valence-electron chi connectivity index (χ4n) is 3.11.